The van der Waals surface area contributed by atoms with Crippen LogP contribution < -0.4 is 15.2 Å². The maximum atomic E-state index is 15.1. The van der Waals surface area contributed by atoms with Crippen molar-refractivity contribution in [3.63, 3.8) is 0 Å². The van der Waals surface area contributed by atoms with Crippen LogP contribution in [-0.2, 0) is 19.3 Å². The van der Waals surface area contributed by atoms with Gasteiger partial charge in [-0.05, 0) is 110 Å². The van der Waals surface area contributed by atoms with Crippen LogP contribution in [-0.4, -0.2) is 43.4 Å². The summed E-state index contributed by atoms with van der Waals surface area (Å²) in [7, 11) is 1.59. The van der Waals surface area contributed by atoms with Gasteiger partial charge >= 0.3 is 0 Å². The maximum Gasteiger partial charge on any atom is 0.165 e. The molecule has 1 heterocycles. The van der Waals surface area contributed by atoms with E-state index in [0.717, 1.165) is 73.5 Å². The number of ether oxygens (including phenoxy) is 2. The van der Waals surface area contributed by atoms with Crippen LogP contribution in [0.5, 0.6) is 17.2 Å². The molecule has 0 saturated carbocycles. The van der Waals surface area contributed by atoms with Gasteiger partial charge in [-0.1, -0.05) is 31.5 Å². The lowest BCUT2D eigenvalue weighted by Crippen LogP contribution is -2.36. The summed E-state index contributed by atoms with van der Waals surface area (Å²) < 4.78 is 26.5. The van der Waals surface area contributed by atoms with Gasteiger partial charge in [0.2, 0.25) is 0 Å². The minimum Gasteiger partial charge on any atom is -0.507 e. The monoisotopic (exact) mass is 532 g/mol. The standard InChI is InChI=1S/C33H41FN2O3/c1-3-22-14-16-36(17-15-22)18-19-39-30-12-8-23(21-28(30)34)20-27-26(10-13-31(38-2)33(27)35)32-25-7-5-4-6-24(25)9-11-29(32)37/h8-13,21-22,37H,3-7,14-20,35H2,1-2H3. The lowest BCUT2D eigenvalue weighted by Gasteiger charge is -2.31. The van der Waals surface area contributed by atoms with Crippen molar-refractivity contribution >= 4 is 5.69 Å². The Hall–Kier alpha value is -3.25. The highest BCUT2D eigenvalue weighted by Gasteiger charge is 2.23. The Morgan fingerprint density at radius 2 is 1.79 bits per heavy atom. The number of methoxy groups -OCH3 is 1. The average Bonchev–Trinajstić information content (AvgIpc) is 2.96. The average molecular weight is 533 g/mol. The molecule has 1 aliphatic carbocycles. The van der Waals surface area contributed by atoms with Crippen molar-refractivity contribution < 1.29 is 19.0 Å². The molecule has 0 spiro atoms. The van der Waals surface area contributed by atoms with E-state index in [0.29, 0.717) is 24.5 Å². The first kappa shape index (κ1) is 27.3. The van der Waals surface area contributed by atoms with E-state index in [2.05, 4.69) is 11.8 Å². The zero-order valence-corrected chi connectivity index (χ0v) is 23.3. The van der Waals surface area contributed by atoms with Gasteiger partial charge in [-0.3, -0.25) is 4.90 Å². The van der Waals surface area contributed by atoms with E-state index in [9.17, 15) is 5.11 Å². The summed E-state index contributed by atoms with van der Waals surface area (Å²) in [6.45, 7) is 5.73. The molecule has 5 nitrogen and oxygen atoms in total. The fraction of sp³-hybridized carbons (Fsp3) is 0.455. The predicted molar refractivity (Wildman–Crippen MR) is 155 cm³/mol. The van der Waals surface area contributed by atoms with Gasteiger partial charge in [0.1, 0.15) is 18.1 Å². The van der Waals surface area contributed by atoms with E-state index >= 15 is 4.39 Å². The van der Waals surface area contributed by atoms with Crippen LogP contribution in [0.3, 0.4) is 0 Å². The minimum absolute atomic E-state index is 0.246. The van der Waals surface area contributed by atoms with Gasteiger partial charge in [0, 0.05) is 18.5 Å². The van der Waals surface area contributed by atoms with Crippen LogP contribution >= 0.6 is 0 Å². The number of phenols is 1. The molecule has 0 amide bonds. The number of hydrogen-bond donors (Lipinski definition) is 2. The van der Waals surface area contributed by atoms with E-state index < -0.39 is 0 Å². The summed E-state index contributed by atoms with van der Waals surface area (Å²) >= 11 is 0. The van der Waals surface area contributed by atoms with Crippen molar-refractivity contribution in [3.05, 3.63) is 70.5 Å². The summed E-state index contributed by atoms with van der Waals surface area (Å²) in [6.07, 6.45) is 8.30. The quantitative estimate of drug-likeness (QED) is 0.298. The first-order valence-corrected chi connectivity index (χ1v) is 14.4. The number of halogens is 1. The third kappa shape index (κ3) is 6.01. The highest BCUT2D eigenvalue weighted by atomic mass is 19.1. The van der Waals surface area contributed by atoms with Crippen molar-refractivity contribution in [2.75, 3.05) is 39.1 Å². The van der Waals surface area contributed by atoms with Crippen LogP contribution in [0, 0.1) is 11.7 Å². The smallest absolute Gasteiger partial charge is 0.165 e. The number of nitrogens with two attached hydrogens (primary N) is 1. The third-order valence-electron chi connectivity index (χ3n) is 8.64. The zero-order valence-electron chi connectivity index (χ0n) is 23.3. The Balaban J connectivity index is 1.36. The number of anilines is 1. The van der Waals surface area contributed by atoms with Gasteiger partial charge in [-0.2, -0.15) is 0 Å². The van der Waals surface area contributed by atoms with E-state index in [4.69, 9.17) is 15.2 Å². The number of phenolic OH excluding ortho intramolecular Hbond substituents is 1. The number of aromatic hydroxyl groups is 1. The largest absolute Gasteiger partial charge is 0.507 e. The number of hydrogen-bond acceptors (Lipinski definition) is 5. The predicted octanol–water partition coefficient (Wildman–Crippen LogP) is 6.76. The number of aryl methyl sites for hydroxylation is 1. The number of nitrogen functional groups attached to an aromatic ring is 1. The molecule has 3 N–H and O–H groups in total. The van der Waals surface area contributed by atoms with Gasteiger partial charge < -0.3 is 20.3 Å². The van der Waals surface area contributed by atoms with Gasteiger partial charge in [0.25, 0.3) is 0 Å². The molecule has 1 aliphatic heterocycles. The highest BCUT2D eigenvalue weighted by Crippen LogP contribution is 2.43. The van der Waals surface area contributed by atoms with Gasteiger partial charge in [0.05, 0.1) is 12.8 Å². The molecule has 3 aromatic rings. The number of piperidine rings is 1. The van der Waals surface area contributed by atoms with Crippen molar-refractivity contribution in [1.82, 2.24) is 4.90 Å². The lowest BCUT2D eigenvalue weighted by molar-refractivity contribution is 0.151. The molecule has 208 valence electrons. The van der Waals surface area contributed by atoms with Crippen molar-refractivity contribution in [3.8, 4) is 28.4 Å². The number of nitrogens with zero attached hydrogens (tertiary/aromatic N) is 1. The maximum absolute atomic E-state index is 15.1. The Kier molecular flexibility index (Phi) is 8.61. The number of benzene rings is 3. The molecule has 0 radical (unpaired) electrons. The first-order chi connectivity index (χ1) is 19.0. The first-order valence-electron chi connectivity index (χ1n) is 14.4. The molecule has 5 rings (SSSR count). The Morgan fingerprint density at radius 1 is 1.03 bits per heavy atom. The molecule has 39 heavy (non-hydrogen) atoms. The zero-order chi connectivity index (χ0) is 27.4. The minimum atomic E-state index is -0.375. The molecule has 1 saturated heterocycles. The summed E-state index contributed by atoms with van der Waals surface area (Å²) in [5.74, 6) is 1.55. The normalized spacial score (nSPS) is 16.2. The molecule has 0 bridgehead atoms. The van der Waals surface area contributed by atoms with Crippen molar-refractivity contribution in [2.24, 2.45) is 5.92 Å². The van der Waals surface area contributed by atoms with Crippen LogP contribution in [0.25, 0.3) is 11.1 Å². The van der Waals surface area contributed by atoms with Crippen LogP contribution in [0.2, 0.25) is 0 Å². The van der Waals surface area contributed by atoms with E-state index in [1.165, 1.54) is 36.5 Å². The summed E-state index contributed by atoms with van der Waals surface area (Å²) in [5, 5.41) is 11.0. The van der Waals surface area contributed by atoms with E-state index in [1.54, 1.807) is 19.2 Å². The lowest BCUT2D eigenvalue weighted by atomic mass is 9.83. The van der Waals surface area contributed by atoms with Crippen LogP contribution in [0.15, 0.2) is 42.5 Å². The van der Waals surface area contributed by atoms with Gasteiger partial charge in [-0.25, -0.2) is 4.39 Å². The van der Waals surface area contributed by atoms with Crippen LogP contribution in [0.4, 0.5) is 10.1 Å². The Bertz CT molecular complexity index is 1300. The summed E-state index contributed by atoms with van der Waals surface area (Å²) in [4.78, 5) is 2.41. The second kappa shape index (κ2) is 12.3. The topological polar surface area (TPSA) is 68.0 Å². The number of fused-ring (bicyclic) bond motifs is 1. The third-order valence-corrected chi connectivity index (χ3v) is 8.64. The highest BCUT2D eigenvalue weighted by molar-refractivity contribution is 5.83. The molecule has 3 aromatic carbocycles. The Labute approximate surface area is 231 Å². The summed E-state index contributed by atoms with van der Waals surface area (Å²) in [5.41, 5.74) is 12.9. The molecule has 0 atom stereocenters. The fourth-order valence-electron chi connectivity index (χ4n) is 6.24. The molecule has 2 aliphatic rings. The van der Waals surface area contributed by atoms with Gasteiger partial charge in [-0.15, -0.1) is 0 Å². The number of likely N-dealkylation sites (tertiary alicyclic amines) is 1. The molecular formula is C33H41FN2O3. The van der Waals surface area contributed by atoms with Crippen molar-refractivity contribution in [2.45, 2.75) is 58.3 Å². The number of rotatable bonds is 9. The molecule has 0 unspecified atom stereocenters. The second-order valence-electron chi connectivity index (χ2n) is 11.0. The van der Waals surface area contributed by atoms with Crippen molar-refractivity contribution in [1.29, 1.82) is 0 Å². The van der Waals surface area contributed by atoms with Crippen LogP contribution in [0.1, 0.15) is 61.3 Å². The van der Waals surface area contributed by atoms with Gasteiger partial charge in [0.15, 0.2) is 11.6 Å². The molecule has 6 heteroatoms. The van der Waals surface area contributed by atoms with E-state index in [-0.39, 0.29) is 17.3 Å². The second-order valence-corrected chi connectivity index (χ2v) is 11.0. The summed E-state index contributed by atoms with van der Waals surface area (Å²) in [6, 6.07) is 12.8. The fourth-order valence-corrected chi connectivity index (χ4v) is 6.24. The molecular weight excluding hydrogens is 491 g/mol. The van der Waals surface area contributed by atoms with E-state index in [1.807, 2.05) is 24.3 Å². The Morgan fingerprint density at radius 3 is 2.54 bits per heavy atom. The molecule has 0 aromatic heterocycles. The molecule has 1 fully saturated rings. The SMILES string of the molecule is CCC1CCN(CCOc2ccc(Cc3c(-c4c(O)ccc5c4CCCC5)ccc(OC)c3N)cc2F)CC1.